The number of ether oxygens (including phenoxy) is 6. The summed E-state index contributed by atoms with van der Waals surface area (Å²) < 4.78 is 160. The van der Waals surface area contributed by atoms with Gasteiger partial charge in [-0.1, -0.05) is 6.07 Å². The second-order valence-corrected chi connectivity index (χ2v) is 29.4. The number of hydrogen-bond acceptors (Lipinski definition) is 21. The monoisotopic (exact) mass is 1440 g/mol. The number of thiophene rings is 2. The van der Waals surface area contributed by atoms with E-state index in [4.69, 9.17) is 37.3 Å². The van der Waals surface area contributed by atoms with E-state index in [1.165, 1.54) is 81.6 Å². The molecule has 11 heterocycles. The Morgan fingerprint density at radius 2 is 1.05 bits per heavy atom. The average Bonchev–Trinajstić information content (AvgIpc) is 1.64. The molecule has 0 aliphatic carbocycles. The van der Waals surface area contributed by atoms with Crippen LogP contribution in [0.2, 0.25) is 0 Å². The molecule has 2 aromatic carbocycles. The number of hydrogen-bond donors (Lipinski definition) is 1. The first kappa shape index (κ1) is 70.3. The first-order valence-corrected chi connectivity index (χ1v) is 34.7. The molecule has 8 atom stereocenters. The zero-order chi connectivity index (χ0) is 70.7. The minimum absolute atomic E-state index is 0.00702. The maximum atomic E-state index is 14.9. The van der Waals surface area contributed by atoms with Crippen molar-refractivity contribution in [3.63, 3.8) is 0 Å². The number of fused-ring (bicyclic) bond motifs is 6. The Bertz CT molecular complexity index is 4880. The van der Waals surface area contributed by atoms with Crippen molar-refractivity contribution in [3.8, 4) is 33.0 Å². The van der Waals surface area contributed by atoms with E-state index in [0.717, 1.165) is 89.3 Å². The molecule has 33 heteroatoms. The summed E-state index contributed by atoms with van der Waals surface area (Å²) in [6, 6.07) is 10.2. The van der Waals surface area contributed by atoms with Crippen LogP contribution in [0.15, 0.2) is 119 Å². The number of carboxylic acids is 1. The van der Waals surface area contributed by atoms with Crippen molar-refractivity contribution < 1.29 is 86.7 Å². The predicted octanol–water partition coefficient (Wildman–Crippen LogP) is 10.8. The van der Waals surface area contributed by atoms with Gasteiger partial charge in [0.2, 0.25) is 21.6 Å². The third kappa shape index (κ3) is 14.1. The number of ketones is 1. The molecule has 1 N–H and O–H groups in total. The average molecular weight is 1440 g/mol. The number of carbonyl (C=O) groups excluding carboxylic acids is 1. The number of aliphatic carboxylic acids is 1. The highest BCUT2D eigenvalue weighted by atomic mass is 32.2. The predicted molar refractivity (Wildman–Crippen MR) is 344 cm³/mol. The third-order valence-electron chi connectivity index (χ3n) is 18.3. The van der Waals surface area contributed by atoms with Gasteiger partial charge in [-0.3, -0.25) is 23.5 Å². The van der Waals surface area contributed by atoms with Crippen LogP contribution in [-0.4, -0.2) is 114 Å². The Morgan fingerprint density at radius 3 is 1.42 bits per heavy atom. The molecule has 0 amide bonds. The zero-order valence-corrected chi connectivity index (χ0v) is 56.2. The molecule has 4 fully saturated rings. The summed E-state index contributed by atoms with van der Waals surface area (Å²) in [5, 5.41) is 9.70. The smallest absolute Gasteiger partial charge is 0.387 e. The minimum Gasteiger partial charge on any atom is -0.480 e. The first-order chi connectivity index (χ1) is 47.0. The summed E-state index contributed by atoms with van der Waals surface area (Å²) in [6.45, 7) is 0.811. The van der Waals surface area contributed by atoms with Gasteiger partial charge in [-0.25, -0.2) is 55.7 Å². The van der Waals surface area contributed by atoms with Crippen LogP contribution in [0.3, 0.4) is 0 Å². The van der Waals surface area contributed by atoms with Crippen molar-refractivity contribution in [3.05, 3.63) is 161 Å². The molecule has 0 spiro atoms. The lowest BCUT2D eigenvalue weighted by Crippen LogP contribution is -2.54. The number of oxazole rings is 2. The van der Waals surface area contributed by atoms with Crippen molar-refractivity contribution in [2.24, 2.45) is 0 Å². The Morgan fingerprint density at radius 1 is 0.626 bits per heavy atom. The SMILES string of the molecule is Cc1c(-c2ncco2)sc2c1c(=O)n(C(C)(C)C(=O)CS(=O)(=O)c1ccccn1)c(=O)n2C[C@H](OC1C[C@H]2CC[C@@H](C1)O2)c1cc(F)ccc1OC(F)F.Cc1c(-c2ncco2)sc2c1c(=O)n(C(C)(C)C(=O)O)c(=O)n2C[C@H](OC1C[C@H]2CC[C@@H](C1)O2)c1cc(F)ccc1OC(F)F. The van der Waals surface area contributed by atoms with E-state index in [-0.39, 0.29) is 84.3 Å². The number of pyridine rings is 1. The lowest BCUT2D eigenvalue weighted by Gasteiger charge is -2.33. The summed E-state index contributed by atoms with van der Waals surface area (Å²) in [6.07, 6.45) is 8.14. The van der Waals surface area contributed by atoms with Gasteiger partial charge in [0, 0.05) is 17.3 Å². The highest BCUT2D eigenvalue weighted by molar-refractivity contribution is 7.92. The number of alkyl halides is 4. The number of benzene rings is 2. The number of aromatic nitrogens is 7. The maximum absolute atomic E-state index is 14.9. The largest absolute Gasteiger partial charge is 0.480 e. The number of carbonyl (C=O) groups is 2. The summed E-state index contributed by atoms with van der Waals surface area (Å²) >= 11 is 2.01. The molecule has 13 rings (SSSR count). The normalized spacial score (nSPS) is 20.0. The summed E-state index contributed by atoms with van der Waals surface area (Å²) in [7, 11) is -4.30. The standard InChI is InChI=1S/C36H35F3N4O9S2.C30H30F3N3O8S/c1-19-29-32(45)43(36(2,3)27(44)18-54(47,48)28-6-4-5-11-40-28)35(46)42(33(29)53-30(19)31-41-12-13-49-31)17-26(51-23-15-21-8-9-22(16-23)50-21)24-14-20(37)7-10-25(24)52-34(38)39;1-14-22-25(37)36(30(2,3)27(38)39)29(40)35(26(22)45-23(14)24-34-8-9-41-24)13-21(43-18-11-16-5-6-17(12-18)42-16)19-10-15(31)4-7-20(19)44-28(32)33/h4-7,10-14,21-23,26,34H,8-9,15-18H2,1-3H3;4,7-10,16-18,21,28H,5-6,11-13H2,1-3H3,(H,38,39)/t21-,22+,23?,26-;16-,17+,18?,21-/m00/s1. The van der Waals surface area contributed by atoms with Gasteiger partial charge in [-0.05, 0) is 153 Å². The zero-order valence-electron chi connectivity index (χ0n) is 53.7. The van der Waals surface area contributed by atoms with Crippen LogP contribution in [0, 0.1) is 25.5 Å². The lowest BCUT2D eigenvalue weighted by molar-refractivity contribution is -0.146. The fourth-order valence-corrected chi connectivity index (χ4v) is 17.1. The van der Waals surface area contributed by atoms with Crippen molar-refractivity contribution >= 4 is 64.7 Å². The summed E-state index contributed by atoms with van der Waals surface area (Å²) in [4.78, 5) is 96.8. The van der Waals surface area contributed by atoms with E-state index in [9.17, 15) is 68.6 Å². The van der Waals surface area contributed by atoms with Gasteiger partial charge in [-0.2, -0.15) is 17.6 Å². The van der Waals surface area contributed by atoms with Gasteiger partial charge in [0.25, 0.3) is 11.1 Å². The Kier molecular flexibility index (Phi) is 19.8. The van der Waals surface area contributed by atoms with Crippen molar-refractivity contribution in [1.29, 1.82) is 0 Å². The van der Waals surface area contributed by atoms with E-state index in [1.54, 1.807) is 13.8 Å². The van der Waals surface area contributed by atoms with E-state index in [1.807, 2.05) is 0 Å². The van der Waals surface area contributed by atoms with Crippen LogP contribution >= 0.6 is 22.7 Å². The number of halogens is 6. The van der Waals surface area contributed by atoms with Crippen LogP contribution < -0.4 is 32.0 Å². The van der Waals surface area contributed by atoms with Crippen LogP contribution in [-0.2, 0) is 62.5 Å². The van der Waals surface area contributed by atoms with Crippen molar-refractivity contribution in [1.82, 2.24) is 33.2 Å². The molecule has 4 saturated heterocycles. The number of nitrogens with zero attached hydrogens (tertiary/aromatic N) is 7. The number of aryl methyl sites for hydroxylation is 2. The topological polar surface area (TPSA) is 297 Å². The molecular weight excluding hydrogens is 1370 g/mol. The molecule has 4 aliphatic rings. The first-order valence-electron chi connectivity index (χ1n) is 31.4. The molecule has 99 heavy (non-hydrogen) atoms. The molecule has 0 radical (unpaired) electrons. The van der Waals surface area contributed by atoms with E-state index < -0.39 is 123 Å². The van der Waals surface area contributed by atoms with Gasteiger partial charge in [-0.15, -0.1) is 22.7 Å². The molecule has 4 bridgehead atoms. The molecule has 0 saturated carbocycles. The lowest BCUT2D eigenvalue weighted by atomic mass is 9.99. The second-order valence-electron chi connectivity index (χ2n) is 25.5. The number of sulfone groups is 1. The van der Waals surface area contributed by atoms with E-state index in [0.29, 0.717) is 55.7 Å². The Balaban J connectivity index is 0.000000191. The second kappa shape index (κ2) is 27.8. The molecule has 24 nitrogen and oxygen atoms in total. The molecular formula is C66H65F6N7O17S3. The van der Waals surface area contributed by atoms with Crippen molar-refractivity contribution in [2.45, 2.75) is 184 Å². The van der Waals surface area contributed by atoms with Gasteiger partial charge in [0.15, 0.2) is 10.8 Å². The molecule has 7 aromatic heterocycles. The third-order valence-corrected chi connectivity index (χ3v) is 22.4. The van der Waals surface area contributed by atoms with Crippen LogP contribution in [0.5, 0.6) is 11.5 Å². The van der Waals surface area contributed by atoms with Gasteiger partial charge >= 0.3 is 30.6 Å². The quantitative estimate of drug-likeness (QED) is 0.0582. The molecule has 9 aromatic rings. The number of rotatable bonds is 23. The highest BCUT2D eigenvalue weighted by Gasteiger charge is 2.43. The van der Waals surface area contributed by atoms with Crippen LogP contribution in [0.4, 0.5) is 26.3 Å². The number of Topliss-reactive ketones (excluding diaryl/α,β-unsaturated/α-hetero) is 1. The van der Waals surface area contributed by atoms with Gasteiger partial charge < -0.3 is 42.4 Å². The van der Waals surface area contributed by atoms with E-state index in [2.05, 4.69) is 15.0 Å². The Hall–Kier alpha value is -8.60. The summed E-state index contributed by atoms with van der Waals surface area (Å²) in [5.74, 6) is -5.45. The fraction of sp³-hybridized carbons (Fsp3) is 0.439. The van der Waals surface area contributed by atoms with E-state index >= 15 is 0 Å². The van der Waals surface area contributed by atoms with Crippen molar-refractivity contribution in [2.75, 3.05) is 5.75 Å². The molecule has 526 valence electrons. The summed E-state index contributed by atoms with van der Waals surface area (Å²) in [5.41, 5.74) is -7.23. The van der Waals surface area contributed by atoms with Crippen LogP contribution in [0.25, 0.3) is 42.0 Å². The van der Waals surface area contributed by atoms with Crippen LogP contribution in [0.1, 0.15) is 114 Å². The number of carboxylic acid groups (broad SMARTS) is 1. The van der Waals surface area contributed by atoms with Gasteiger partial charge in [0.1, 0.15) is 74.4 Å². The highest BCUT2D eigenvalue weighted by Crippen LogP contribution is 2.44. The minimum atomic E-state index is -4.30. The molecule has 4 aliphatic heterocycles. The maximum Gasteiger partial charge on any atom is 0.387 e. The Labute approximate surface area is 566 Å². The van der Waals surface area contributed by atoms with Gasteiger partial charge in [0.05, 0.1) is 82.6 Å². The molecule has 2 unspecified atom stereocenters. The fourth-order valence-electron chi connectivity index (χ4n) is 13.3.